The highest BCUT2D eigenvalue weighted by molar-refractivity contribution is 7.97. The Labute approximate surface area is 123 Å². The largest absolute Gasteiger partial charge is 0.468 e. The molecule has 4 amide bonds. The molecule has 0 spiro atoms. The molecule has 0 saturated heterocycles. The van der Waals surface area contributed by atoms with Gasteiger partial charge in [-0.15, -0.1) is 0 Å². The van der Waals surface area contributed by atoms with Gasteiger partial charge in [-0.25, -0.2) is 9.59 Å². The lowest BCUT2D eigenvalue weighted by atomic mass is 10.1. The van der Waals surface area contributed by atoms with Gasteiger partial charge in [0, 0.05) is 12.1 Å². The fourth-order valence-electron chi connectivity index (χ4n) is 1.01. The molecule has 0 atom stereocenters. The van der Waals surface area contributed by atoms with Crippen LogP contribution >= 0.6 is 11.9 Å². The molecule has 0 aromatic carbocycles. The summed E-state index contributed by atoms with van der Waals surface area (Å²) in [6, 6.07) is -2.08. The Balaban J connectivity index is 4.67. The highest BCUT2D eigenvalue weighted by Crippen LogP contribution is 2.04. The minimum atomic E-state index is -0.775. The molecule has 0 aromatic rings. The van der Waals surface area contributed by atoms with Gasteiger partial charge in [-0.1, -0.05) is 0 Å². The number of carbonyl (C=O) groups excluding carboxylic acids is 2. The number of imide groups is 1. The molecule has 9 heteroatoms. The van der Waals surface area contributed by atoms with E-state index < -0.39 is 23.6 Å². The van der Waals surface area contributed by atoms with Crippen molar-refractivity contribution in [2.75, 3.05) is 19.7 Å². The van der Waals surface area contributed by atoms with E-state index in [9.17, 15) is 9.59 Å². The maximum atomic E-state index is 12.0. The summed E-state index contributed by atoms with van der Waals surface area (Å²) in [5.41, 5.74) is -0.540. The van der Waals surface area contributed by atoms with E-state index in [1.54, 1.807) is 20.8 Å². The van der Waals surface area contributed by atoms with Crippen molar-refractivity contribution in [1.82, 2.24) is 14.9 Å². The van der Waals surface area contributed by atoms with Gasteiger partial charge in [-0.3, -0.25) is 10.1 Å². The number of nitrogens with one attached hydrogen (secondary N) is 3. The number of amides is 4. The molecule has 0 aromatic heterocycles. The van der Waals surface area contributed by atoms with E-state index in [0.29, 0.717) is 11.5 Å². The van der Waals surface area contributed by atoms with E-state index in [1.165, 1.54) is 7.11 Å². The molecular formula is C11H22N4O4S. The summed E-state index contributed by atoms with van der Waals surface area (Å²) in [6.45, 7) is 7.64. The summed E-state index contributed by atoms with van der Waals surface area (Å²) in [5, 5.41) is 10.1. The molecule has 0 bridgehead atoms. The Morgan fingerprint density at radius 1 is 1.30 bits per heavy atom. The van der Waals surface area contributed by atoms with Gasteiger partial charge in [-0.05, 0) is 39.6 Å². The number of rotatable bonds is 4. The molecule has 0 unspecified atom stereocenters. The second kappa shape index (κ2) is 8.64. The first-order valence-corrected chi connectivity index (χ1v) is 6.95. The van der Waals surface area contributed by atoms with Crippen molar-refractivity contribution in [3.63, 3.8) is 0 Å². The molecule has 0 heterocycles. The summed E-state index contributed by atoms with van der Waals surface area (Å²) in [6.07, 6.45) is 0. The number of ether oxygens (including phenoxy) is 2. The summed E-state index contributed by atoms with van der Waals surface area (Å²) < 4.78 is 12.1. The van der Waals surface area contributed by atoms with Crippen LogP contribution in [0.4, 0.5) is 9.59 Å². The zero-order valence-corrected chi connectivity index (χ0v) is 13.2. The van der Waals surface area contributed by atoms with Crippen LogP contribution in [0.25, 0.3) is 0 Å². The van der Waals surface area contributed by atoms with E-state index in [2.05, 4.69) is 14.8 Å². The lowest BCUT2D eigenvalue weighted by molar-refractivity contribution is 0.190. The molecule has 0 rings (SSSR count). The number of hydrogen-bond donors (Lipinski definition) is 3. The minimum absolute atomic E-state index is 0.247. The van der Waals surface area contributed by atoms with Crippen LogP contribution in [0.15, 0.2) is 0 Å². The average Bonchev–Trinajstić information content (AvgIpc) is 2.32. The van der Waals surface area contributed by atoms with Crippen LogP contribution < -0.4 is 10.0 Å². The lowest BCUT2D eigenvalue weighted by Gasteiger charge is -2.26. The number of methoxy groups -OCH3 is 1. The topological polar surface area (TPSA) is 104 Å². The normalized spacial score (nSPS) is 10.7. The van der Waals surface area contributed by atoms with Crippen LogP contribution in [-0.4, -0.2) is 48.2 Å². The van der Waals surface area contributed by atoms with Crippen LogP contribution in [-0.2, 0) is 9.47 Å². The molecule has 116 valence electrons. The maximum absolute atomic E-state index is 12.0. The van der Waals surface area contributed by atoms with E-state index in [4.69, 9.17) is 10.1 Å². The number of amidine groups is 1. The Morgan fingerprint density at radius 2 is 1.90 bits per heavy atom. The third kappa shape index (κ3) is 7.19. The van der Waals surface area contributed by atoms with Gasteiger partial charge in [0.1, 0.15) is 5.94 Å². The van der Waals surface area contributed by atoms with Crippen molar-refractivity contribution >= 4 is 30.0 Å². The van der Waals surface area contributed by atoms with E-state index in [0.717, 1.165) is 11.9 Å². The van der Waals surface area contributed by atoms with Crippen LogP contribution in [0.1, 0.15) is 27.7 Å². The fraction of sp³-hybridized carbons (Fsp3) is 0.727. The third-order valence-corrected chi connectivity index (χ3v) is 2.39. The van der Waals surface area contributed by atoms with Gasteiger partial charge in [0.05, 0.1) is 7.11 Å². The fourth-order valence-corrected chi connectivity index (χ4v) is 1.53. The van der Waals surface area contributed by atoms with Crippen molar-refractivity contribution in [3.8, 4) is 0 Å². The monoisotopic (exact) mass is 306 g/mol. The van der Waals surface area contributed by atoms with Gasteiger partial charge >= 0.3 is 18.1 Å². The Hall–Kier alpha value is -1.48. The highest BCUT2D eigenvalue weighted by Gasteiger charge is 2.29. The predicted octanol–water partition coefficient (Wildman–Crippen LogP) is 1.73. The lowest BCUT2D eigenvalue weighted by Crippen LogP contribution is -2.54. The number of carbonyl (C=O) groups is 2. The van der Waals surface area contributed by atoms with Crippen molar-refractivity contribution in [1.29, 1.82) is 5.41 Å². The Bertz CT molecular complexity index is 357. The first-order valence-electron chi connectivity index (χ1n) is 5.97. The predicted molar refractivity (Wildman–Crippen MR) is 77.5 cm³/mol. The van der Waals surface area contributed by atoms with Crippen LogP contribution in [0.3, 0.4) is 0 Å². The first kappa shape index (κ1) is 18.5. The molecule has 20 heavy (non-hydrogen) atoms. The second-order valence-electron chi connectivity index (χ2n) is 4.69. The van der Waals surface area contributed by atoms with E-state index >= 15 is 0 Å². The van der Waals surface area contributed by atoms with Crippen molar-refractivity contribution in [2.45, 2.75) is 33.2 Å². The average molecular weight is 306 g/mol. The van der Waals surface area contributed by atoms with Gasteiger partial charge < -0.3 is 14.8 Å². The summed E-state index contributed by atoms with van der Waals surface area (Å²) in [7, 11) is 1.21. The van der Waals surface area contributed by atoms with E-state index in [1.807, 2.05) is 6.92 Å². The molecule has 0 saturated carbocycles. The number of hydrogen-bond acceptors (Lipinski definition) is 6. The third-order valence-electron chi connectivity index (χ3n) is 1.79. The number of nitrogens with zero attached hydrogens (tertiary/aromatic N) is 1. The summed E-state index contributed by atoms with van der Waals surface area (Å²) in [5.74, 6) is 0.247. The van der Waals surface area contributed by atoms with Crippen LogP contribution in [0.5, 0.6) is 0 Å². The molecule has 3 N–H and O–H groups in total. The van der Waals surface area contributed by atoms with Crippen LogP contribution in [0, 0.1) is 5.41 Å². The standard InChI is InChI=1S/C11H22N4O4S/c1-6-19-7-20-14-10(17)15(8(12)18-5)9(16)13-11(2,3)4/h12H,6-7H2,1-5H3,(H,13,16)(H,14,17). The Kier molecular flexibility index (Phi) is 8.00. The molecule has 0 aliphatic heterocycles. The SMILES string of the molecule is CCOCSNC(=O)N(C(=N)OC)C(=O)NC(C)(C)C. The van der Waals surface area contributed by atoms with Gasteiger partial charge in [-0.2, -0.15) is 4.90 Å². The molecule has 0 fully saturated rings. The molecular weight excluding hydrogens is 284 g/mol. The van der Waals surface area contributed by atoms with Crippen molar-refractivity contribution in [2.24, 2.45) is 0 Å². The zero-order chi connectivity index (χ0) is 15.8. The van der Waals surface area contributed by atoms with Crippen molar-refractivity contribution in [3.05, 3.63) is 0 Å². The summed E-state index contributed by atoms with van der Waals surface area (Å²) in [4.78, 5) is 24.4. The quantitative estimate of drug-likeness (QED) is 0.241. The zero-order valence-electron chi connectivity index (χ0n) is 12.4. The number of urea groups is 2. The minimum Gasteiger partial charge on any atom is -0.468 e. The first-order chi connectivity index (χ1) is 9.22. The van der Waals surface area contributed by atoms with Crippen molar-refractivity contribution < 1.29 is 19.1 Å². The van der Waals surface area contributed by atoms with Crippen LogP contribution in [0.2, 0.25) is 0 Å². The van der Waals surface area contributed by atoms with E-state index in [-0.39, 0.29) is 5.94 Å². The molecule has 0 radical (unpaired) electrons. The second-order valence-corrected chi connectivity index (χ2v) is 5.42. The highest BCUT2D eigenvalue weighted by atomic mass is 32.2. The smallest absolute Gasteiger partial charge is 0.343 e. The molecule has 8 nitrogen and oxygen atoms in total. The van der Waals surface area contributed by atoms with Gasteiger partial charge in [0.15, 0.2) is 0 Å². The van der Waals surface area contributed by atoms with Gasteiger partial charge in [0.25, 0.3) is 0 Å². The molecule has 0 aliphatic carbocycles. The van der Waals surface area contributed by atoms with Gasteiger partial charge in [0.2, 0.25) is 0 Å². The maximum Gasteiger partial charge on any atom is 0.343 e. The molecule has 0 aliphatic rings. The Morgan fingerprint density at radius 3 is 2.35 bits per heavy atom. The summed E-state index contributed by atoms with van der Waals surface area (Å²) >= 11 is 0.982.